The Labute approximate surface area is 82.8 Å². The summed E-state index contributed by atoms with van der Waals surface area (Å²) in [5.74, 6) is 0. The summed E-state index contributed by atoms with van der Waals surface area (Å²) >= 11 is 1.77. The van der Waals surface area contributed by atoms with Gasteiger partial charge in [-0.15, -0.1) is 11.3 Å². The van der Waals surface area contributed by atoms with Gasteiger partial charge in [0.25, 0.3) is 0 Å². The molecule has 1 nitrogen and oxygen atoms in total. The van der Waals surface area contributed by atoms with Crippen molar-refractivity contribution in [3.05, 3.63) is 27.7 Å². The molecule has 0 fully saturated rings. The van der Waals surface area contributed by atoms with E-state index in [9.17, 15) is 0 Å². The summed E-state index contributed by atoms with van der Waals surface area (Å²) in [4.78, 5) is 5.78. The molecule has 0 saturated carbocycles. The third-order valence-electron chi connectivity index (χ3n) is 2.07. The monoisotopic (exact) mass is 191 g/mol. The quantitative estimate of drug-likeness (QED) is 0.610. The lowest BCUT2D eigenvalue weighted by atomic mass is 10.2. The van der Waals surface area contributed by atoms with Crippen LogP contribution >= 0.6 is 11.3 Å². The fourth-order valence-electron chi connectivity index (χ4n) is 1.44. The number of nitrogens with zero attached hydrogens (tertiary/aromatic N) is 1. The van der Waals surface area contributed by atoms with Gasteiger partial charge in [0, 0.05) is 0 Å². The van der Waals surface area contributed by atoms with Crippen LogP contribution in [-0.4, -0.2) is 4.98 Å². The van der Waals surface area contributed by atoms with Crippen molar-refractivity contribution in [1.82, 2.24) is 4.98 Å². The topological polar surface area (TPSA) is 12.9 Å². The summed E-state index contributed by atoms with van der Waals surface area (Å²) in [6.45, 7) is 2.06. The molecule has 0 aliphatic heterocycles. The Bertz CT molecular complexity index is 315. The van der Waals surface area contributed by atoms with Crippen molar-refractivity contribution in [2.45, 2.75) is 26.2 Å². The second-order valence-corrected chi connectivity index (χ2v) is 4.45. The normalized spacial score (nSPS) is 18.5. The van der Waals surface area contributed by atoms with Gasteiger partial charge in [-0.1, -0.05) is 12.2 Å². The maximum absolute atomic E-state index is 4.47. The highest BCUT2D eigenvalue weighted by Crippen LogP contribution is 2.22. The van der Waals surface area contributed by atoms with E-state index in [1.54, 1.807) is 11.3 Å². The van der Waals surface area contributed by atoms with Gasteiger partial charge in [-0.05, 0) is 38.3 Å². The number of allylic oxidation sites excluding steroid dienone is 2. The molecular formula is C11H13NS. The van der Waals surface area contributed by atoms with E-state index in [4.69, 9.17) is 0 Å². The lowest BCUT2D eigenvalue weighted by Gasteiger charge is -1.86. The van der Waals surface area contributed by atoms with Crippen molar-refractivity contribution in [3.63, 3.8) is 0 Å². The Morgan fingerprint density at radius 3 is 2.85 bits per heavy atom. The van der Waals surface area contributed by atoms with Gasteiger partial charge in [-0.3, -0.25) is 0 Å². The van der Waals surface area contributed by atoms with Crippen LogP contribution in [0.3, 0.4) is 0 Å². The maximum Gasteiger partial charge on any atom is 0.0907 e. The van der Waals surface area contributed by atoms with E-state index in [-0.39, 0.29) is 0 Å². The molecule has 0 atom stereocenters. The average Bonchev–Trinajstić information content (AvgIpc) is 2.46. The highest BCUT2D eigenvalue weighted by molar-refractivity contribution is 7.12. The summed E-state index contributed by atoms with van der Waals surface area (Å²) in [5.41, 5.74) is 1.14. The lowest BCUT2D eigenvalue weighted by molar-refractivity contribution is 0.873. The van der Waals surface area contributed by atoms with Gasteiger partial charge in [0.05, 0.1) is 15.6 Å². The Morgan fingerprint density at radius 1 is 1.23 bits per heavy atom. The molecule has 1 aliphatic carbocycles. The van der Waals surface area contributed by atoms with Gasteiger partial charge in [0.2, 0.25) is 0 Å². The van der Waals surface area contributed by atoms with E-state index in [2.05, 4.69) is 36.2 Å². The molecule has 0 N–H and O–H groups in total. The van der Waals surface area contributed by atoms with Crippen molar-refractivity contribution in [3.8, 4) is 0 Å². The van der Waals surface area contributed by atoms with Crippen LogP contribution in [0.25, 0.3) is 12.2 Å². The second kappa shape index (κ2) is 3.88. The largest absolute Gasteiger partial charge is 0.242 e. The molecule has 1 heterocycles. The molecule has 0 spiro atoms. The van der Waals surface area contributed by atoms with Crippen LogP contribution in [0, 0.1) is 6.92 Å². The molecule has 0 bridgehead atoms. The van der Waals surface area contributed by atoms with Gasteiger partial charge in [0.1, 0.15) is 0 Å². The van der Waals surface area contributed by atoms with Crippen LogP contribution in [0.15, 0.2) is 12.2 Å². The molecule has 68 valence electrons. The third kappa shape index (κ3) is 2.07. The molecular weight excluding hydrogens is 178 g/mol. The fraction of sp³-hybridized carbons (Fsp3) is 0.364. The molecule has 0 unspecified atom stereocenters. The van der Waals surface area contributed by atoms with E-state index in [0.29, 0.717) is 0 Å². The number of aromatic nitrogens is 1. The average molecular weight is 191 g/mol. The zero-order valence-corrected chi connectivity index (χ0v) is 8.60. The molecule has 1 aromatic rings. The zero-order chi connectivity index (χ0) is 9.10. The minimum Gasteiger partial charge on any atom is -0.242 e. The summed E-state index contributed by atoms with van der Waals surface area (Å²) in [5, 5.41) is 1.15. The highest BCUT2D eigenvalue weighted by Gasteiger charge is 2.03. The zero-order valence-electron chi connectivity index (χ0n) is 7.79. The van der Waals surface area contributed by atoms with Crippen molar-refractivity contribution in [1.29, 1.82) is 0 Å². The first-order chi connectivity index (χ1) is 6.36. The number of aryl methyl sites for hydroxylation is 1. The molecule has 2 heteroatoms. The summed E-state index contributed by atoms with van der Waals surface area (Å²) < 4.78 is 0. The first-order valence-electron chi connectivity index (χ1n) is 4.67. The SMILES string of the molecule is Cc1nc2c(s1)/C=C/CCCC=C2. The number of thiazole rings is 1. The highest BCUT2D eigenvalue weighted by atomic mass is 32.1. The molecule has 0 aromatic carbocycles. The third-order valence-corrected chi connectivity index (χ3v) is 3.03. The number of fused-ring (bicyclic) bond motifs is 1. The van der Waals surface area contributed by atoms with Crippen LogP contribution in [-0.2, 0) is 0 Å². The van der Waals surface area contributed by atoms with E-state index >= 15 is 0 Å². The predicted molar refractivity (Wildman–Crippen MR) is 58.8 cm³/mol. The van der Waals surface area contributed by atoms with Crippen molar-refractivity contribution >= 4 is 23.5 Å². The van der Waals surface area contributed by atoms with Crippen molar-refractivity contribution in [2.24, 2.45) is 0 Å². The smallest absolute Gasteiger partial charge is 0.0907 e. The van der Waals surface area contributed by atoms with E-state index in [1.807, 2.05) is 0 Å². The van der Waals surface area contributed by atoms with Crippen LogP contribution in [0.1, 0.15) is 34.8 Å². The van der Waals surface area contributed by atoms with Crippen molar-refractivity contribution in [2.75, 3.05) is 0 Å². The predicted octanol–water partition coefficient (Wildman–Crippen LogP) is 3.66. The minimum absolute atomic E-state index is 1.14. The second-order valence-electron chi connectivity index (χ2n) is 3.22. The Kier molecular flexibility index (Phi) is 2.60. The summed E-state index contributed by atoms with van der Waals surface area (Å²) in [7, 11) is 0. The number of hydrogen-bond acceptors (Lipinski definition) is 2. The molecule has 0 amide bonds. The fourth-order valence-corrected chi connectivity index (χ4v) is 2.28. The molecule has 0 radical (unpaired) electrons. The number of rotatable bonds is 0. The van der Waals surface area contributed by atoms with Gasteiger partial charge < -0.3 is 0 Å². The maximum atomic E-state index is 4.47. The molecule has 2 rings (SSSR count). The molecule has 0 saturated heterocycles. The molecule has 13 heavy (non-hydrogen) atoms. The van der Waals surface area contributed by atoms with E-state index in [1.165, 1.54) is 24.1 Å². The van der Waals surface area contributed by atoms with Crippen LogP contribution in [0.5, 0.6) is 0 Å². The van der Waals surface area contributed by atoms with Gasteiger partial charge >= 0.3 is 0 Å². The van der Waals surface area contributed by atoms with Gasteiger partial charge in [-0.25, -0.2) is 4.98 Å². The van der Waals surface area contributed by atoms with Gasteiger partial charge in [0.15, 0.2) is 0 Å². The Hall–Kier alpha value is -0.890. The standard InChI is InChI=1S/C11H13NS/c1-9-12-10-7-5-3-2-4-6-8-11(10)13-9/h5-8H,2-4H2,1H3/b7-5?,8-6+. The first kappa shape index (κ1) is 8.70. The van der Waals surface area contributed by atoms with Crippen LogP contribution in [0.4, 0.5) is 0 Å². The lowest BCUT2D eigenvalue weighted by Crippen LogP contribution is -1.74. The Morgan fingerprint density at radius 2 is 2.00 bits per heavy atom. The van der Waals surface area contributed by atoms with Crippen LogP contribution < -0.4 is 0 Å². The molecule has 1 aromatic heterocycles. The van der Waals surface area contributed by atoms with Crippen molar-refractivity contribution < 1.29 is 0 Å². The van der Waals surface area contributed by atoms with E-state index in [0.717, 1.165) is 10.7 Å². The van der Waals surface area contributed by atoms with Gasteiger partial charge in [-0.2, -0.15) is 0 Å². The first-order valence-corrected chi connectivity index (χ1v) is 5.48. The molecule has 1 aliphatic rings. The van der Waals surface area contributed by atoms with E-state index < -0.39 is 0 Å². The minimum atomic E-state index is 1.14. The number of hydrogen-bond donors (Lipinski definition) is 0. The summed E-state index contributed by atoms with van der Waals surface area (Å²) in [6.07, 6.45) is 12.4. The Balaban J connectivity index is 2.40. The van der Waals surface area contributed by atoms with Crippen LogP contribution in [0.2, 0.25) is 0 Å². The summed E-state index contributed by atoms with van der Waals surface area (Å²) in [6, 6.07) is 0.